The lowest BCUT2D eigenvalue weighted by Crippen LogP contribution is -1.96. The van der Waals surface area contributed by atoms with Crippen molar-refractivity contribution in [3.63, 3.8) is 0 Å². The quantitative estimate of drug-likeness (QED) is 0.430. The third-order valence-electron chi connectivity index (χ3n) is 0.847. The maximum atomic E-state index is 10.2. The Balaban J connectivity index is 3.18. The third kappa shape index (κ3) is 1.29. The molecule has 1 rings (SSSR count). The van der Waals surface area contributed by atoms with E-state index in [1.165, 1.54) is 18.2 Å². The fourth-order valence-electron chi connectivity index (χ4n) is 0.474. The van der Waals surface area contributed by atoms with Gasteiger partial charge >= 0.3 is 10.1 Å². The molecule has 0 saturated carbocycles. The second-order valence-electron chi connectivity index (χ2n) is 1.51. The topological polar surface area (TPSA) is 54.4 Å². The minimum absolute atomic E-state index is 0.178. The Labute approximate surface area is 52.8 Å². The van der Waals surface area contributed by atoms with E-state index in [9.17, 15) is 8.42 Å². The lowest BCUT2D eigenvalue weighted by atomic mass is 10.6. The van der Waals surface area contributed by atoms with Gasteiger partial charge in [-0.25, -0.2) is 0 Å². The van der Waals surface area contributed by atoms with E-state index in [4.69, 9.17) is 4.55 Å². The van der Waals surface area contributed by atoms with Gasteiger partial charge in [-0.05, 0) is 12.2 Å². The second-order valence-corrected chi connectivity index (χ2v) is 2.90. The molecule has 1 aliphatic carbocycles. The molecule has 4 heteroatoms. The minimum Gasteiger partial charge on any atom is -0.281 e. The molecule has 0 aromatic rings. The highest BCUT2D eigenvalue weighted by Crippen LogP contribution is 2.07. The van der Waals surface area contributed by atoms with Gasteiger partial charge in [0.05, 0.1) is 0 Å². The van der Waals surface area contributed by atoms with Crippen LogP contribution in [0.5, 0.6) is 0 Å². The fraction of sp³-hybridized carbons (Fsp3) is 0. The van der Waals surface area contributed by atoms with Gasteiger partial charge < -0.3 is 0 Å². The molecular weight excluding hydrogens is 140 g/mol. The van der Waals surface area contributed by atoms with Gasteiger partial charge in [-0.2, -0.15) is 8.42 Å². The van der Waals surface area contributed by atoms with Crippen LogP contribution in [0.15, 0.2) is 28.9 Å². The summed E-state index contributed by atoms with van der Waals surface area (Å²) in [7, 11) is -4.02. The van der Waals surface area contributed by atoms with Crippen molar-refractivity contribution in [3.8, 4) is 0 Å². The van der Waals surface area contributed by atoms with Crippen LogP contribution in [0.3, 0.4) is 0 Å². The van der Waals surface area contributed by atoms with E-state index in [0.29, 0.717) is 0 Å². The zero-order valence-corrected chi connectivity index (χ0v) is 5.22. The van der Waals surface area contributed by atoms with Gasteiger partial charge in [-0.1, -0.05) is 11.8 Å². The highest BCUT2D eigenvalue weighted by atomic mass is 32.2. The summed E-state index contributed by atoms with van der Waals surface area (Å²) in [6.07, 6.45) is 4.18. The number of rotatable bonds is 1. The Morgan fingerprint density at radius 2 is 2.22 bits per heavy atom. The molecule has 1 N–H and O–H groups in total. The third-order valence-corrected chi connectivity index (χ3v) is 1.66. The van der Waals surface area contributed by atoms with E-state index in [1.807, 2.05) is 0 Å². The molecule has 48 valence electrons. The largest absolute Gasteiger partial charge is 0.301 e. The van der Waals surface area contributed by atoms with Gasteiger partial charge in [0.1, 0.15) is 4.91 Å². The Kier molecular flexibility index (Phi) is 1.29. The van der Waals surface area contributed by atoms with E-state index in [0.717, 1.165) is 0 Å². The first-order valence-electron chi connectivity index (χ1n) is 2.21. The lowest BCUT2D eigenvalue weighted by molar-refractivity contribution is 0.492. The summed E-state index contributed by atoms with van der Waals surface area (Å²) in [5.74, 6) is 0. The van der Waals surface area contributed by atoms with Crippen molar-refractivity contribution >= 4 is 10.1 Å². The maximum absolute atomic E-state index is 10.2. The average Bonchev–Trinajstić information content (AvgIpc) is 2.08. The first-order valence-corrected chi connectivity index (χ1v) is 3.65. The van der Waals surface area contributed by atoms with E-state index in [2.05, 4.69) is 5.73 Å². The Bertz CT molecular complexity index is 301. The zero-order chi connectivity index (χ0) is 6.91. The molecule has 1 aliphatic rings. The Hall–Kier alpha value is -0.830. The van der Waals surface area contributed by atoms with E-state index in [1.54, 1.807) is 0 Å². The number of hydrogen-bond donors (Lipinski definition) is 1. The highest BCUT2D eigenvalue weighted by molar-refractivity contribution is 7.90. The van der Waals surface area contributed by atoms with Crippen molar-refractivity contribution in [1.82, 2.24) is 0 Å². The van der Waals surface area contributed by atoms with Crippen molar-refractivity contribution in [2.45, 2.75) is 0 Å². The van der Waals surface area contributed by atoms with Crippen LogP contribution in [-0.2, 0) is 10.1 Å². The van der Waals surface area contributed by atoms with Crippen molar-refractivity contribution in [3.05, 3.63) is 28.9 Å². The maximum Gasteiger partial charge on any atom is 0.301 e. The average molecular weight is 144 g/mol. The van der Waals surface area contributed by atoms with Crippen molar-refractivity contribution < 1.29 is 13.0 Å². The molecule has 0 atom stereocenters. The van der Waals surface area contributed by atoms with Gasteiger partial charge in [0.25, 0.3) is 0 Å². The molecule has 0 amide bonds. The molecule has 0 radical (unpaired) electrons. The molecule has 0 fully saturated rings. The van der Waals surface area contributed by atoms with Gasteiger partial charge in [-0.3, -0.25) is 4.55 Å². The zero-order valence-electron chi connectivity index (χ0n) is 4.40. The molecule has 0 bridgehead atoms. The van der Waals surface area contributed by atoms with Crippen LogP contribution in [-0.4, -0.2) is 13.0 Å². The minimum atomic E-state index is -4.02. The van der Waals surface area contributed by atoms with Crippen LogP contribution < -0.4 is 0 Å². The van der Waals surface area contributed by atoms with E-state index >= 15 is 0 Å². The smallest absolute Gasteiger partial charge is 0.281 e. The molecule has 0 spiro atoms. The molecule has 3 nitrogen and oxygen atoms in total. The van der Waals surface area contributed by atoms with Crippen LogP contribution in [0.4, 0.5) is 0 Å². The fourth-order valence-corrected chi connectivity index (χ4v) is 0.942. The van der Waals surface area contributed by atoms with Crippen LogP contribution in [0.1, 0.15) is 0 Å². The standard InChI is InChI=1S/C5H4O3S/c6-9(7,8)5-3-1-2-4-5/h1-3H,(H,6,7,8). The van der Waals surface area contributed by atoms with Crippen LogP contribution in [0, 0.1) is 0 Å². The van der Waals surface area contributed by atoms with E-state index in [-0.39, 0.29) is 4.91 Å². The summed E-state index contributed by atoms with van der Waals surface area (Å²) >= 11 is 0. The summed E-state index contributed by atoms with van der Waals surface area (Å²) in [6, 6.07) is 0. The Morgan fingerprint density at radius 1 is 1.56 bits per heavy atom. The van der Waals surface area contributed by atoms with Gasteiger partial charge in [0.2, 0.25) is 0 Å². The summed E-state index contributed by atoms with van der Waals surface area (Å²) < 4.78 is 28.8. The summed E-state index contributed by atoms with van der Waals surface area (Å²) in [5, 5.41) is 0. The van der Waals surface area contributed by atoms with Crippen LogP contribution >= 0.6 is 0 Å². The van der Waals surface area contributed by atoms with Gasteiger partial charge in [0, 0.05) is 0 Å². The molecule has 9 heavy (non-hydrogen) atoms. The molecule has 0 aliphatic heterocycles. The monoisotopic (exact) mass is 144 g/mol. The van der Waals surface area contributed by atoms with Crippen molar-refractivity contribution in [2.24, 2.45) is 0 Å². The normalized spacial score (nSPS) is 16.3. The summed E-state index contributed by atoms with van der Waals surface area (Å²) in [4.78, 5) is -0.178. The molecule has 0 aromatic heterocycles. The van der Waals surface area contributed by atoms with Gasteiger partial charge in [0.15, 0.2) is 0 Å². The second kappa shape index (κ2) is 1.84. The van der Waals surface area contributed by atoms with Gasteiger partial charge in [-0.15, -0.1) is 0 Å². The van der Waals surface area contributed by atoms with E-state index < -0.39 is 10.1 Å². The lowest BCUT2D eigenvalue weighted by Gasteiger charge is -1.86. The molecule has 0 heterocycles. The number of hydrogen-bond acceptors (Lipinski definition) is 2. The first-order chi connectivity index (χ1) is 4.11. The Morgan fingerprint density at radius 3 is 2.44 bits per heavy atom. The summed E-state index contributed by atoms with van der Waals surface area (Å²) in [5.41, 5.74) is 2.34. The highest BCUT2D eigenvalue weighted by Gasteiger charge is 2.09. The van der Waals surface area contributed by atoms with Crippen LogP contribution in [0.25, 0.3) is 0 Å². The predicted molar refractivity (Wildman–Crippen MR) is 32.3 cm³/mol. The van der Waals surface area contributed by atoms with Crippen LogP contribution in [0.2, 0.25) is 0 Å². The summed E-state index contributed by atoms with van der Waals surface area (Å²) in [6.45, 7) is 0. The molecule has 0 saturated heterocycles. The molecule has 0 aromatic carbocycles. The first kappa shape index (κ1) is 6.29. The molecule has 0 unspecified atom stereocenters. The predicted octanol–water partition coefficient (Wildman–Crippen LogP) is 0.483. The SMILES string of the molecule is O=S(=O)(O)C1=C=CC=C1. The van der Waals surface area contributed by atoms with Crippen molar-refractivity contribution in [1.29, 1.82) is 0 Å². The number of allylic oxidation sites excluding steroid dienone is 2. The molecular formula is C5H4O3S. The van der Waals surface area contributed by atoms with Crippen molar-refractivity contribution in [2.75, 3.05) is 0 Å².